The highest BCUT2D eigenvalue weighted by molar-refractivity contribution is 6.21. The van der Waals surface area contributed by atoms with Gasteiger partial charge in [0.05, 0.1) is 23.3 Å². The lowest BCUT2D eigenvalue weighted by atomic mass is 10.00. The summed E-state index contributed by atoms with van der Waals surface area (Å²) in [5, 5.41) is 0. The van der Waals surface area contributed by atoms with Gasteiger partial charge in [0.25, 0.3) is 11.8 Å². The zero-order valence-electron chi connectivity index (χ0n) is 16.7. The largest absolute Gasteiger partial charge is 0.369 e. The van der Waals surface area contributed by atoms with E-state index in [2.05, 4.69) is 6.07 Å². The van der Waals surface area contributed by atoms with Gasteiger partial charge in [0.15, 0.2) is 0 Å². The molecule has 0 aromatic heterocycles. The molecule has 0 spiro atoms. The van der Waals surface area contributed by atoms with Crippen LogP contribution in [-0.2, 0) is 22.5 Å². The van der Waals surface area contributed by atoms with Gasteiger partial charge < -0.3 is 9.64 Å². The van der Waals surface area contributed by atoms with Crippen LogP contribution < -0.4 is 0 Å². The Bertz CT molecular complexity index is 947. The molecule has 150 valence electrons. The lowest BCUT2D eigenvalue weighted by Crippen LogP contribution is -2.51. The minimum atomic E-state index is -0.859. The van der Waals surface area contributed by atoms with Gasteiger partial charge in [0.2, 0.25) is 5.91 Å². The Kier molecular flexibility index (Phi) is 4.96. The van der Waals surface area contributed by atoms with E-state index < -0.39 is 5.54 Å². The molecule has 4 rings (SSSR count). The summed E-state index contributed by atoms with van der Waals surface area (Å²) in [6.45, 7) is 4.82. The molecule has 29 heavy (non-hydrogen) atoms. The van der Waals surface area contributed by atoms with Crippen molar-refractivity contribution in [2.45, 2.75) is 32.4 Å². The number of rotatable bonds is 5. The molecule has 0 aliphatic carbocycles. The zero-order valence-corrected chi connectivity index (χ0v) is 16.7. The predicted molar refractivity (Wildman–Crippen MR) is 107 cm³/mol. The third-order valence-electron chi connectivity index (χ3n) is 5.56. The Balaban J connectivity index is 1.35. The molecule has 2 aliphatic rings. The summed E-state index contributed by atoms with van der Waals surface area (Å²) >= 11 is 0. The Morgan fingerprint density at radius 2 is 1.55 bits per heavy atom. The van der Waals surface area contributed by atoms with Crippen molar-refractivity contribution in [1.29, 1.82) is 0 Å². The molecule has 3 amide bonds. The lowest BCUT2D eigenvalue weighted by Gasteiger charge is -2.34. The fraction of sp³-hybridized carbons (Fsp3) is 0.348. The third-order valence-corrected chi connectivity index (χ3v) is 5.56. The molecule has 0 saturated carbocycles. The molecule has 0 radical (unpaired) electrons. The summed E-state index contributed by atoms with van der Waals surface area (Å²) in [5.41, 5.74) is 2.41. The van der Waals surface area contributed by atoms with Gasteiger partial charge in [-0.25, -0.2) is 0 Å². The Morgan fingerprint density at radius 1 is 0.966 bits per heavy atom. The van der Waals surface area contributed by atoms with Crippen molar-refractivity contribution >= 4 is 17.7 Å². The van der Waals surface area contributed by atoms with E-state index in [0.717, 1.165) is 6.42 Å². The smallest absolute Gasteiger partial charge is 0.262 e. The van der Waals surface area contributed by atoms with Crippen LogP contribution in [0.15, 0.2) is 48.5 Å². The standard InChI is InChI=1S/C23H24N2O4/c1-23(2,25-21(27)18-9-5-6-10-19(18)22(25)28)15-29-14-20(26)24-12-11-16-7-3-4-8-17(16)13-24/h3-10H,11-15H2,1-2H3. The van der Waals surface area contributed by atoms with Crippen LogP contribution in [0.2, 0.25) is 0 Å². The molecular weight excluding hydrogens is 368 g/mol. The van der Waals surface area contributed by atoms with Crippen LogP contribution in [-0.4, -0.2) is 52.8 Å². The second kappa shape index (κ2) is 7.44. The van der Waals surface area contributed by atoms with Gasteiger partial charge >= 0.3 is 0 Å². The van der Waals surface area contributed by atoms with E-state index in [4.69, 9.17) is 4.74 Å². The van der Waals surface area contributed by atoms with Crippen LogP contribution in [0, 0.1) is 0 Å². The van der Waals surface area contributed by atoms with Crippen molar-refractivity contribution in [2.75, 3.05) is 19.8 Å². The highest BCUT2D eigenvalue weighted by Crippen LogP contribution is 2.29. The SMILES string of the molecule is CC(C)(COCC(=O)N1CCc2ccccc2C1)N1C(=O)c2ccccc2C1=O. The topological polar surface area (TPSA) is 66.9 Å². The molecule has 2 aromatic carbocycles. The van der Waals surface area contributed by atoms with E-state index >= 15 is 0 Å². The maximum Gasteiger partial charge on any atom is 0.262 e. The number of imide groups is 1. The van der Waals surface area contributed by atoms with Gasteiger partial charge in [-0.1, -0.05) is 36.4 Å². The summed E-state index contributed by atoms with van der Waals surface area (Å²) in [6.07, 6.45) is 0.836. The van der Waals surface area contributed by atoms with Gasteiger partial charge in [-0.2, -0.15) is 0 Å². The second-order valence-corrected chi connectivity index (χ2v) is 8.13. The summed E-state index contributed by atoms with van der Waals surface area (Å²) in [6, 6.07) is 14.9. The molecule has 0 fully saturated rings. The first kappa shape index (κ1) is 19.3. The summed E-state index contributed by atoms with van der Waals surface area (Å²) in [4.78, 5) is 41.0. The molecule has 2 heterocycles. The molecule has 0 N–H and O–H groups in total. The molecule has 2 aromatic rings. The average Bonchev–Trinajstić information content (AvgIpc) is 2.98. The van der Waals surface area contributed by atoms with E-state index in [1.54, 1.807) is 43.0 Å². The first-order valence-corrected chi connectivity index (χ1v) is 9.79. The third kappa shape index (κ3) is 3.56. The molecule has 0 atom stereocenters. The molecule has 6 heteroatoms. The number of fused-ring (bicyclic) bond motifs is 2. The van der Waals surface area contributed by atoms with Gasteiger partial charge in [-0.15, -0.1) is 0 Å². The molecule has 0 unspecified atom stereocenters. The normalized spacial score (nSPS) is 16.1. The number of amides is 3. The van der Waals surface area contributed by atoms with Crippen molar-refractivity contribution < 1.29 is 19.1 Å². The summed E-state index contributed by atoms with van der Waals surface area (Å²) in [5.74, 6) is -0.728. The molecule has 6 nitrogen and oxygen atoms in total. The van der Waals surface area contributed by atoms with E-state index in [-0.39, 0.29) is 30.9 Å². The maximum atomic E-state index is 12.7. The van der Waals surface area contributed by atoms with E-state index in [9.17, 15) is 14.4 Å². The number of benzene rings is 2. The van der Waals surface area contributed by atoms with Gasteiger partial charge in [0.1, 0.15) is 6.61 Å². The highest BCUT2D eigenvalue weighted by atomic mass is 16.5. The molecular formula is C23H24N2O4. The van der Waals surface area contributed by atoms with Gasteiger partial charge in [-0.05, 0) is 43.5 Å². The number of ether oxygens (including phenoxy) is 1. The maximum absolute atomic E-state index is 12.7. The van der Waals surface area contributed by atoms with Crippen LogP contribution in [0.3, 0.4) is 0 Å². The number of hydrogen-bond donors (Lipinski definition) is 0. The molecule has 2 aliphatic heterocycles. The van der Waals surface area contributed by atoms with Gasteiger partial charge in [0, 0.05) is 13.1 Å². The van der Waals surface area contributed by atoms with Crippen molar-refractivity contribution in [2.24, 2.45) is 0 Å². The zero-order chi connectivity index (χ0) is 20.6. The summed E-state index contributed by atoms with van der Waals surface area (Å²) < 4.78 is 5.67. The lowest BCUT2D eigenvalue weighted by molar-refractivity contribution is -0.138. The van der Waals surface area contributed by atoms with Crippen molar-refractivity contribution in [3.8, 4) is 0 Å². The van der Waals surface area contributed by atoms with Crippen molar-refractivity contribution in [1.82, 2.24) is 9.80 Å². The Morgan fingerprint density at radius 3 is 2.21 bits per heavy atom. The molecule has 0 saturated heterocycles. The minimum Gasteiger partial charge on any atom is -0.369 e. The predicted octanol–water partition coefficient (Wildman–Crippen LogP) is 2.66. The number of hydrogen-bond acceptors (Lipinski definition) is 4. The van der Waals surface area contributed by atoms with Crippen LogP contribution in [0.1, 0.15) is 45.7 Å². The number of carbonyl (C=O) groups excluding carboxylic acids is 3. The number of nitrogens with zero attached hydrogens (tertiary/aromatic N) is 2. The van der Waals surface area contributed by atoms with Crippen molar-refractivity contribution in [3.63, 3.8) is 0 Å². The Hall–Kier alpha value is -2.99. The van der Waals surface area contributed by atoms with Crippen LogP contribution in [0.5, 0.6) is 0 Å². The van der Waals surface area contributed by atoms with Crippen LogP contribution in [0.25, 0.3) is 0 Å². The van der Waals surface area contributed by atoms with E-state index in [0.29, 0.717) is 24.2 Å². The van der Waals surface area contributed by atoms with Crippen molar-refractivity contribution in [3.05, 3.63) is 70.8 Å². The van der Waals surface area contributed by atoms with Crippen LogP contribution >= 0.6 is 0 Å². The number of carbonyl (C=O) groups is 3. The highest BCUT2D eigenvalue weighted by Gasteiger charge is 2.44. The fourth-order valence-corrected chi connectivity index (χ4v) is 3.99. The van der Waals surface area contributed by atoms with E-state index in [1.807, 2.05) is 18.2 Å². The Labute approximate surface area is 170 Å². The van der Waals surface area contributed by atoms with E-state index in [1.165, 1.54) is 16.0 Å². The van der Waals surface area contributed by atoms with Crippen LogP contribution in [0.4, 0.5) is 0 Å². The first-order valence-electron chi connectivity index (χ1n) is 9.79. The second-order valence-electron chi connectivity index (χ2n) is 8.13. The monoisotopic (exact) mass is 392 g/mol. The fourth-order valence-electron chi connectivity index (χ4n) is 3.99. The van der Waals surface area contributed by atoms with Gasteiger partial charge in [-0.3, -0.25) is 19.3 Å². The quantitative estimate of drug-likeness (QED) is 0.734. The summed E-state index contributed by atoms with van der Waals surface area (Å²) in [7, 11) is 0. The minimum absolute atomic E-state index is 0.0746. The molecule has 0 bridgehead atoms. The average molecular weight is 392 g/mol. The first-order chi connectivity index (χ1) is 13.9.